The monoisotopic (exact) mass is 651 g/mol. The van der Waals surface area contributed by atoms with E-state index < -0.39 is 10.0 Å². The number of aromatic hydroxyl groups is 1. The van der Waals surface area contributed by atoms with Gasteiger partial charge in [0.15, 0.2) is 5.82 Å². The Kier molecular flexibility index (Phi) is 12.0. The Labute approximate surface area is 268 Å². The zero-order valence-corrected chi connectivity index (χ0v) is 27.0. The molecule has 5 N–H and O–H groups in total. The zero-order valence-electron chi connectivity index (χ0n) is 26.2. The Balaban J connectivity index is 1.28. The molecule has 246 valence electrons. The maximum atomic E-state index is 12.3. The van der Waals surface area contributed by atoms with Crippen molar-refractivity contribution in [2.45, 2.75) is 64.8 Å². The number of anilines is 1. The number of hydrogen-bond donors (Lipinski definition) is 4. The quantitative estimate of drug-likeness (QED) is 0.0468. The molecule has 4 aromatic rings. The van der Waals surface area contributed by atoms with E-state index >= 15 is 0 Å². The lowest BCUT2D eigenvalue weighted by molar-refractivity contribution is 0.0950. The number of nitrogens with zero attached hydrogens (tertiary/aromatic N) is 6. The van der Waals surface area contributed by atoms with Gasteiger partial charge in [-0.1, -0.05) is 30.9 Å². The summed E-state index contributed by atoms with van der Waals surface area (Å²) in [5, 5.41) is 17.1. The second-order valence-corrected chi connectivity index (χ2v) is 12.9. The molecule has 15 heteroatoms. The van der Waals surface area contributed by atoms with Crippen molar-refractivity contribution in [3.63, 3.8) is 0 Å². The minimum absolute atomic E-state index is 0.128. The van der Waals surface area contributed by atoms with Gasteiger partial charge >= 0.3 is 0 Å². The molecule has 0 spiro atoms. The lowest BCUT2D eigenvalue weighted by Crippen LogP contribution is -2.24. The lowest BCUT2D eigenvalue weighted by atomic mass is 10.1. The Morgan fingerprint density at radius 2 is 1.87 bits per heavy atom. The van der Waals surface area contributed by atoms with Crippen LogP contribution < -0.4 is 20.5 Å². The number of phenolic OH excluding ortho intramolecular Hbond substituents is 1. The normalized spacial score (nSPS) is 11.5. The first-order chi connectivity index (χ1) is 22.1. The number of carbonyl (C=O) groups is 1. The standard InChI is InChI=1S/C31H41N9O5S/c1-3-10-27-37-28-29(40(27)17-8-7-16-35-46(2,43)44)23-14-12-22(20-25(23)36-30(28)32)45-18-9-5-4-6-15-34-31(42)24-13-11-21(38-39-33)19-26(24)41/h11-14,19-20,35,41H,3-10,15-18H2,1-2H3,(H2,32,36)(H,34,42). The van der Waals surface area contributed by atoms with Crippen LogP contribution in [0.5, 0.6) is 11.5 Å². The van der Waals surface area contributed by atoms with Gasteiger partial charge in [0.1, 0.15) is 22.8 Å². The zero-order chi connectivity index (χ0) is 33.1. The van der Waals surface area contributed by atoms with E-state index in [1.54, 1.807) is 0 Å². The third-order valence-electron chi connectivity index (χ3n) is 7.41. The van der Waals surface area contributed by atoms with Gasteiger partial charge in [0.2, 0.25) is 10.0 Å². The first kappa shape index (κ1) is 34.3. The number of phenols is 1. The number of nitrogens with one attached hydrogen (secondary N) is 2. The van der Waals surface area contributed by atoms with Crippen molar-refractivity contribution < 1.29 is 23.1 Å². The molecule has 0 unspecified atom stereocenters. The molecule has 0 radical (unpaired) electrons. The molecule has 0 bridgehead atoms. The van der Waals surface area contributed by atoms with Gasteiger partial charge in [-0.25, -0.2) is 23.1 Å². The Morgan fingerprint density at radius 1 is 1.09 bits per heavy atom. The van der Waals surface area contributed by atoms with Gasteiger partial charge in [-0.2, -0.15) is 0 Å². The summed E-state index contributed by atoms with van der Waals surface area (Å²) in [5.74, 6) is 1.38. The van der Waals surface area contributed by atoms with Gasteiger partial charge in [-0.15, -0.1) is 0 Å². The van der Waals surface area contributed by atoms with Crippen LogP contribution in [0.2, 0.25) is 0 Å². The third-order valence-corrected chi connectivity index (χ3v) is 8.14. The first-order valence-corrected chi connectivity index (χ1v) is 17.3. The smallest absolute Gasteiger partial charge is 0.255 e. The maximum Gasteiger partial charge on any atom is 0.255 e. The summed E-state index contributed by atoms with van der Waals surface area (Å²) in [7, 11) is -3.21. The Hall–Kier alpha value is -4.59. The number of amides is 1. The molecule has 0 atom stereocenters. The van der Waals surface area contributed by atoms with Crippen LogP contribution in [0.1, 0.15) is 68.1 Å². The van der Waals surface area contributed by atoms with Crippen molar-refractivity contribution in [2.75, 3.05) is 31.7 Å². The maximum absolute atomic E-state index is 12.3. The van der Waals surface area contributed by atoms with Crippen LogP contribution in [0.25, 0.3) is 32.4 Å². The van der Waals surface area contributed by atoms with Crippen LogP contribution in [0, 0.1) is 0 Å². The molecule has 0 fully saturated rings. The van der Waals surface area contributed by atoms with Gasteiger partial charge < -0.3 is 25.5 Å². The summed E-state index contributed by atoms with van der Waals surface area (Å²) in [5.41, 5.74) is 17.6. The Morgan fingerprint density at radius 3 is 2.61 bits per heavy atom. The number of aryl methyl sites for hydroxylation is 2. The summed E-state index contributed by atoms with van der Waals surface area (Å²) < 4.78 is 33.5. The Bertz CT molecular complexity index is 1840. The average Bonchev–Trinajstić information content (AvgIpc) is 3.36. The number of pyridine rings is 1. The first-order valence-electron chi connectivity index (χ1n) is 15.4. The number of sulfonamides is 1. The van der Waals surface area contributed by atoms with Gasteiger partial charge in [0, 0.05) is 48.1 Å². The minimum atomic E-state index is -3.21. The summed E-state index contributed by atoms with van der Waals surface area (Å²) in [4.78, 5) is 24.4. The van der Waals surface area contributed by atoms with Crippen molar-refractivity contribution in [1.82, 2.24) is 24.6 Å². The fraction of sp³-hybridized carbons (Fsp3) is 0.452. The van der Waals surface area contributed by atoms with Crippen molar-refractivity contribution in [3.05, 3.63) is 58.2 Å². The van der Waals surface area contributed by atoms with Crippen molar-refractivity contribution in [1.29, 1.82) is 0 Å². The molecule has 4 rings (SSSR count). The highest BCUT2D eigenvalue weighted by molar-refractivity contribution is 7.88. The molecular weight excluding hydrogens is 610 g/mol. The highest BCUT2D eigenvalue weighted by Crippen LogP contribution is 2.32. The molecule has 14 nitrogen and oxygen atoms in total. The topological polar surface area (TPSA) is 210 Å². The van der Waals surface area contributed by atoms with Crippen molar-refractivity contribution in [3.8, 4) is 11.5 Å². The van der Waals surface area contributed by atoms with Crippen molar-refractivity contribution in [2.24, 2.45) is 5.11 Å². The van der Waals surface area contributed by atoms with E-state index in [9.17, 15) is 18.3 Å². The second kappa shape index (κ2) is 16.1. The summed E-state index contributed by atoms with van der Waals surface area (Å²) in [6.45, 7) is 4.17. The third kappa shape index (κ3) is 9.22. The van der Waals surface area contributed by atoms with Crippen LogP contribution in [0.3, 0.4) is 0 Å². The molecule has 1 amide bonds. The number of benzene rings is 2. The highest BCUT2D eigenvalue weighted by Gasteiger charge is 2.17. The summed E-state index contributed by atoms with van der Waals surface area (Å²) in [6.07, 6.45) is 7.79. The number of imidazole rings is 1. The second-order valence-electron chi connectivity index (χ2n) is 11.1. The van der Waals surface area contributed by atoms with Crippen LogP contribution in [-0.2, 0) is 23.0 Å². The van der Waals surface area contributed by atoms with Gasteiger partial charge in [-0.05, 0) is 61.9 Å². The van der Waals surface area contributed by atoms with Gasteiger partial charge in [0.05, 0.1) is 29.5 Å². The van der Waals surface area contributed by atoms with Crippen LogP contribution in [0.4, 0.5) is 11.5 Å². The predicted octanol–water partition coefficient (Wildman–Crippen LogP) is 5.47. The molecule has 0 aliphatic heterocycles. The van der Waals surface area contributed by atoms with Gasteiger partial charge in [0.25, 0.3) is 5.91 Å². The van der Waals surface area contributed by atoms with E-state index in [1.807, 2.05) is 18.2 Å². The number of hydrogen-bond acceptors (Lipinski definition) is 9. The fourth-order valence-corrected chi connectivity index (χ4v) is 5.74. The van der Waals surface area contributed by atoms with E-state index in [0.29, 0.717) is 49.7 Å². The fourth-order valence-electron chi connectivity index (χ4n) is 5.23. The molecule has 0 aliphatic rings. The van der Waals surface area contributed by atoms with Gasteiger partial charge in [-0.3, -0.25) is 4.79 Å². The molecular formula is C31H41N9O5S. The van der Waals surface area contributed by atoms with Crippen LogP contribution >= 0.6 is 0 Å². The van der Waals surface area contributed by atoms with E-state index in [0.717, 1.165) is 73.4 Å². The number of nitrogen functional groups attached to an aromatic ring is 1. The van der Waals surface area contributed by atoms with E-state index in [1.165, 1.54) is 18.2 Å². The molecule has 2 heterocycles. The number of aromatic nitrogens is 3. The van der Waals surface area contributed by atoms with E-state index in [4.69, 9.17) is 21.0 Å². The number of rotatable bonds is 18. The number of nitrogens with two attached hydrogens (primary N) is 1. The molecule has 0 saturated carbocycles. The number of unbranched alkanes of at least 4 members (excludes halogenated alkanes) is 4. The molecule has 46 heavy (non-hydrogen) atoms. The largest absolute Gasteiger partial charge is 0.507 e. The molecule has 2 aromatic heterocycles. The molecule has 2 aromatic carbocycles. The highest BCUT2D eigenvalue weighted by atomic mass is 32.2. The minimum Gasteiger partial charge on any atom is -0.507 e. The molecule has 0 saturated heterocycles. The van der Waals surface area contributed by atoms with Crippen LogP contribution in [0.15, 0.2) is 41.5 Å². The number of ether oxygens (including phenoxy) is 1. The van der Waals surface area contributed by atoms with Crippen molar-refractivity contribution >= 4 is 49.4 Å². The average molecular weight is 652 g/mol. The number of carbonyl (C=O) groups excluding carboxylic acids is 1. The number of fused-ring (bicyclic) bond motifs is 3. The van der Waals surface area contributed by atoms with Crippen LogP contribution in [-0.4, -0.2) is 59.9 Å². The summed E-state index contributed by atoms with van der Waals surface area (Å²) in [6, 6.07) is 9.96. The van der Waals surface area contributed by atoms with E-state index in [2.05, 4.69) is 36.5 Å². The summed E-state index contributed by atoms with van der Waals surface area (Å²) >= 11 is 0. The molecule has 0 aliphatic carbocycles. The SMILES string of the molecule is CCCc1nc2c(N)nc3cc(OCCCCCCNC(=O)c4ccc(N=[N+]=[N-])cc4O)ccc3c2n1CCCCNS(C)(=O)=O. The van der Waals surface area contributed by atoms with E-state index in [-0.39, 0.29) is 22.9 Å². The predicted molar refractivity (Wildman–Crippen MR) is 179 cm³/mol. The lowest BCUT2D eigenvalue weighted by Gasteiger charge is -2.12. The number of azide groups is 1.